The molecule has 0 aliphatic rings. The molecule has 3 aromatic rings. The van der Waals surface area contributed by atoms with Gasteiger partial charge in [-0.25, -0.2) is 0 Å². The molecule has 6 heteroatoms. The third kappa shape index (κ3) is 6.10. The number of carbonyl (C=O) groups excluding carboxylic acids is 1. The Labute approximate surface area is 184 Å². The van der Waals surface area contributed by atoms with Crippen molar-refractivity contribution in [1.29, 1.82) is 0 Å². The highest BCUT2D eigenvalue weighted by Gasteiger charge is 2.15. The standard InChI is InChI=1S/C25H31N3O3/c1-4-5-16-31-23-14-13-20(17-24(23)30-3)25(29)28(2)15-9-12-21-18-22(27-26-21)19-10-7-6-8-11-19/h6-8,10-11,13-14,17-18H,4-5,9,12,15-16H2,1-3H3,(H,26,27). The fraction of sp³-hybridized carbons (Fsp3) is 0.360. The van der Waals surface area contributed by atoms with Gasteiger partial charge in [0, 0.05) is 30.4 Å². The number of benzene rings is 2. The minimum absolute atomic E-state index is 0.0343. The van der Waals surface area contributed by atoms with Gasteiger partial charge in [-0.15, -0.1) is 0 Å². The molecule has 1 aromatic heterocycles. The summed E-state index contributed by atoms with van der Waals surface area (Å²) in [5.74, 6) is 1.22. The Kier molecular flexibility index (Phi) is 8.10. The number of nitrogens with one attached hydrogen (secondary N) is 1. The Morgan fingerprint density at radius 1 is 1.06 bits per heavy atom. The number of unbranched alkanes of at least 4 members (excludes halogenated alkanes) is 1. The molecule has 0 unspecified atom stereocenters. The van der Waals surface area contributed by atoms with Crippen molar-refractivity contribution in [3.05, 3.63) is 65.9 Å². The molecule has 1 amide bonds. The SMILES string of the molecule is CCCCOc1ccc(C(=O)N(C)CCCc2cc(-c3ccccc3)n[nH]2)cc1OC. The monoisotopic (exact) mass is 421 g/mol. The lowest BCUT2D eigenvalue weighted by molar-refractivity contribution is 0.0793. The van der Waals surface area contributed by atoms with Crippen molar-refractivity contribution in [3.8, 4) is 22.8 Å². The van der Waals surface area contributed by atoms with Crippen LogP contribution in [0.5, 0.6) is 11.5 Å². The Bertz CT molecular complexity index is 969. The number of hydrogen-bond acceptors (Lipinski definition) is 4. The molecule has 0 aliphatic heterocycles. The largest absolute Gasteiger partial charge is 0.493 e. The highest BCUT2D eigenvalue weighted by molar-refractivity contribution is 5.94. The van der Waals surface area contributed by atoms with Gasteiger partial charge in [-0.3, -0.25) is 9.89 Å². The maximum atomic E-state index is 12.8. The summed E-state index contributed by atoms with van der Waals surface area (Å²) in [5.41, 5.74) is 3.69. The van der Waals surface area contributed by atoms with E-state index in [-0.39, 0.29) is 5.91 Å². The van der Waals surface area contributed by atoms with Gasteiger partial charge in [0.05, 0.1) is 19.4 Å². The molecule has 3 rings (SSSR count). The zero-order valence-corrected chi connectivity index (χ0v) is 18.6. The van der Waals surface area contributed by atoms with E-state index in [1.165, 1.54) is 0 Å². The molecule has 6 nitrogen and oxygen atoms in total. The number of nitrogens with zero attached hydrogens (tertiary/aromatic N) is 2. The second kappa shape index (κ2) is 11.2. The van der Waals surface area contributed by atoms with Gasteiger partial charge < -0.3 is 14.4 Å². The fourth-order valence-electron chi connectivity index (χ4n) is 3.32. The van der Waals surface area contributed by atoms with Crippen molar-refractivity contribution in [1.82, 2.24) is 15.1 Å². The van der Waals surface area contributed by atoms with E-state index in [0.717, 1.165) is 42.6 Å². The average Bonchev–Trinajstić information content (AvgIpc) is 3.28. The van der Waals surface area contributed by atoms with Crippen molar-refractivity contribution in [2.75, 3.05) is 27.3 Å². The van der Waals surface area contributed by atoms with Crippen LogP contribution in [0.3, 0.4) is 0 Å². The number of ether oxygens (including phenoxy) is 2. The van der Waals surface area contributed by atoms with E-state index in [0.29, 0.717) is 30.2 Å². The summed E-state index contributed by atoms with van der Waals surface area (Å²) in [7, 11) is 3.41. The van der Waals surface area contributed by atoms with E-state index >= 15 is 0 Å². The molecule has 0 saturated carbocycles. The van der Waals surface area contributed by atoms with Crippen molar-refractivity contribution >= 4 is 5.91 Å². The van der Waals surface area contributed by atoms with Crippen LogP contribution in [-0.4, -0.2) is 48.3 Å². The van der Waals surface area contributed by atoms with Gasteiger partial charge in [0.2, 0.25) is 0 Å². The van der Waals surface area contributed by atoms with Gasteiger partial charge >= 0.3 is 0 Å². The van der Waals surface area contributed by atoms with E-state index in [4.69, 9.17) is 9.47 Å². The maximum absolute atomic E-state index is 12.8. The number of aryl methyl sites for hydroxylation is 1. The molecular weight excluding hydrogens is 390 g/mol. The van der Waals surface area contributed by atoms with Crippen LogP contribution in [0.25, 0.3) is 11.3 Å². The average molecular weight is 422 g/mol. The molecule has 0 saturated heterocycles. The maximum Gasteiger partial charge on any atom is 0.253 e. The van der Waals surface area contributed by atoms with Crippen molar-refractivity contribution in [2.24, 2.45) is 0 Å². The van der Waals surface area contributed by atoms with E-state index in [1.54, 1.807) is 24.1 Å². The lowest BCUT2D eigenvalue weighted by atomic mass is 10.1. The normalized spacial score (nSPS) is 10.7. The number of rotatable bonds is 11. The molecule has 164 valence electrons. The number of amides is 1. The summed E-state index contributed by atoms with van der Waals surface area (Å²) in [4.78, 5) is 14.6. The number of carbonyl (C=O) groups is 1. The Balaban J connectivity index is 1.53. The van der Waals surface area contributed by atoms with Gasteiger partial charge in [0.25, 0.3) is 5.91 Å². The Morgan fingerprint density at radius 3 is 2.61 bits per heavy atom. The molecule has 0 atom stereocenters. The van der Waals surface area contributed by atoms with Crippen LogP contribution >= 0.6 is 0 Å². The first-order valence-corrected chi connectivity index (χ1v) is 10.8. The summed E-state index contributed by atoms with van der Waals surface area (Å²) >= 11 is 0. The zero-order valence-electron chi connectivity index (χ0n) is 18.6. The van der Waals surface area contributed by atoms with Gasteiger partial charge in [-0.1, -0.05) is 43.7 Å². The first kappa shape index (κ1) is 22.4. The number of aromatic amines is 1. The molecule has 31 heavy (non-hydrogen) atoms. The highest BCUT2D eigenvalue weighted by Crippen LogP contribution is 2.28. The van der Waals surface area contributed by atoms with E-state index in [9.17, 15) is 4.79 Å². The molecule has 0 bridgehead atoms. The third-order valence-corrected chi connectivity index (χ3v) is 5.15. The van der Waals surface area contributed by atoms with Crippen LogP contribution in [0, 0.1) is 0 Å². The smallest absolute Gasteiger partial charge is 0.253 e. The lowest BCUT2D eigenvalue weighted by Gasteiger charge is -2.18. The summed E-state index contributed by atoms with van der Waals surface area (Å²) in [5, 5.41) is 7.49. The molecule has 0 aliphatic carbocycles. The molecule has 0 fully saturated rings. The number of hydrogen-bond donors (Lipinski definition) is 1. The molecule has 0 spiro atoms. The zero-order chi connectivity index (χ0) is 22.1. The van der Waals surface area contributed by atoms with E-state index in [2.05, 4.69) is 23.2 Å². The lowest BCUT2D eigenvalue weighted by Crippen LogP contribution is -2.28. The van der Waals surface area contributed by atoms with E-state index in [1.807, 2.05) is 43.4 Å². The van der Waals surface area contributed by atoms with Gasteiger partial charge in [-0.05, 0) is 43.5 Å². The Hall–Kier alpha value is -3.28. The van der Waals surface area contributed by atoms with Crippen molar-refractivity contribution in [3.63, 3.8) is 0 Å². The minimum atomic E-state index is -0.0343. The van der Waals surface area contributed by atoms with Crippen molar-refractivity contribution < 1.29 is 14.3 Å². The quantitative estimate of drug-likeness (QED) is 0.444. The molecular formula is C25H31N3O3. The van der Waals surface area contributed by atoms with Gasteiger partial charge in [0.1, 0.15) is 0 Å². The van der Waals surface area contributed by atoms with Crippen LogP contribution in [0.4, 0.5) is 0 Å². The van der Waals surface area contributed by atoms with E-state index < -0.39 is 0 Å². The molecule has 0 radical (unpaired) electrons. The summed E-state index contributed by atoms with van der Waals surface area (Å²) < 4.78 is 11.2. The van der Waals surface area contributed by atoms with Gasteiger partial charge in [-0.2, -0.15) is 5.10 Å². The van der Waals surface area contributed by atoms with Crippen molar-refractivity contribution in [2.45, 2.75) is 32.6 Å². The summed E-state index contributed by atoms with van der Waals surface area (Å²) in [6.45, 7) is 3.40. The third-order valence-electron chi connectivity index (χ3n) is 5.15. The second-order valence-corrected chi connectivity index (χ2v) is 7.54. The van der Waals surface area contributed by atoms with Crippen LogP contribution < -0.4 is 9.47 Å². The number of H-pyrrole nitrogens is 1. The minimum Gasteiger partial charge on any atom is -0.493 e. The highest BCUT2D eigenvalue weighted by atomic mass is 16.5. The van der Waals surface area contributed by atoms with Crippen LogP contribution in [0.1, 0.15) is 42.2 Å². The number of methoxy groups -OCH3 is 1. The van der Waals surface area contributed by atoms with Gasteiger partial charge in [0.15, 0.2) is 11.5 Å². The molecule has 1 N–H and O–H groups in total. The fourth-order valence-corrected chi connectivity index (χ4v) is 3.32. The topological polar surface area (TPSA) is 67.5 Å². The van der Waals surface area contributed by atoms with Crippen LogP contribution in [0.15, 0.2) is 54.6 Å². The molecule has 2 aromatic carbocycles. The van der Waals surface area contributed by atoms with Crippen LogP contribution in [-0.2, 0) is 6.42 Å². The predicted octanol–water partition coefficient (Wildman–Crippen LogP) is 4.97. The first-order valence-electron chi connectivity index (χ1n) is 10.8. The summed E-state index contributed by atoms with van der Waals surface area (Å²) in [6, 6.07) is 17.5. The summed E-state index contributed by atoms with van der Waals surface area (Å²) in [6.07, 6.45) is 3.71. The first-order chi connectivity index (χ1) is 15.1. The predicted molar refractivity (Wildman–Crippen MR) is 123 cm³/mol. The number of aromatic nitrogens is 2. The second-order valence-electron chi connectivity index (χ2n) is 7.54. The van der Waals surface area contributed by atoms with Crippen LogP contribution in [0.2, 0.25) is 0 Å². The molecule has 1 heterocycles. The Morgan fingerprint density at radius 2 is 1.87 bits per heavy atom.